The van der Waals surface area contributed by atoms with Crippen molar-refractivity contribution in [1.82, 2.24) is 0 Å². The van der Waals surface area contributed by atoms with Crippen molar-refractivity contribution in [3.05, 3.63) is 65.0 Å². The first-order valence-corrected chi connectivity index (χ1v) is 10.6. The molecule has 5 heteroatoms. The van der Waals surface area contributed by atoms with Crippen LogP contribution in [0.4, 0.5) is 8.78 Å². The third-order valence-electron chi connectivity index (χ3n) is 6.77. The summed E-state index contributed by atoms with van der Waals surface area (Å²) in [7, 11) is 0. The first-order valence-electron chi connectivity index (χ1n) is 10.6. The van der Waals surface area contributed by atoms with Crippen molar-refractivity contribution in [2.75, 3.05) is 0 Å². The summed E-state index contributed by atoms with van der Waals surface area (Å²) < 4.78 is 33.8. The van der Waals surface area contributed by atoms with Crippen molar-refractivity contribution in [3.63, 3.8) is 0 Å². The molecule has 0 bridgehead atoms. The highest BCUT2D eigenvalue weighted by Crippen LogP contribution is 2.48. The number of alkyl halides is 1. The number of fused-ring (bicyclic) bond motifs is 1. The Morgan fingerprint density at radius 3 is 2.53 bits per heavy atom. The van der Waals surface area contributed by atoms with E-state index in [-0.39, 0.29) is 17.2 Å². The van der Waals surface area contributed by atoms with Crippen LogP contribution in [0.15, 0.2) is 42.5 Å². The molecular weight excluding hydrogens is 384 g/mol. The number of hydrogen-bond acceptors (Lipinski definition) is 3. The van der Waals surface area contributed by atoms with Gasteiger partial charge < -0.3 is 4.74 Å². The number of nitriles is 1. The standard InChI is InChI=1S/C25H25F2NO2/c1-15-2-3-18-11-22(24(27)12-20(18)10-15)16-4-6-17(7-5-16)25(29)30-21-9-8-19(14-28)23(26)13-21/h4-9,13,15,18,20,22,24H,2-3,10-12H2,1H3. The molecule has 3 nitrogen and oxygen atoms in total. The maximum absolute atomic E-state index is 14.9. The number of halogens is 2. The molecule has 0 N–H and O–H groups in total. The molecule has 5 unspecified atom stereocenters. The Morgan fingerprint density at radius 1 is 1.07 bits per heavy atom. The van der Waals surface area contributed by atoms with Gasteiger partial charge in [0.15, 0.2) is 0 Å². The van der Waals surface area contributed by atoms with Crippen LogP contribution in [0, 0.1) is 34.9 Å². The quantitative estimate of drug-likeness (QED) is 0.449. The highest BCUT2D eigenvalue weighted by molar-refractivity contribution is 5.91. The number of nitrogens with zero attached hydrogens (tertiary/aromatic N) is 1. The van der Waals surface area contributed by atoms with Crippen LogP contribution >= 0.6 is 0 Å². The fraction of sp³-hybridized carbons (Fsp3) is 0.440. The number of benzene rings is 2. The van der Waals surface area contributed by atoms with Crippen molar-refractivity contribution in [1.29, 1.82) is 5.26 Å². The fourth-order valence-electron chi connectivity index (χ4n) is 5.11. The Kier molecular flexibility index (Phi) is 5.85. The molecule has 2 saturated carbocycles. The molecule has 2 aromatic rings. The van der Waals surface area contributed by atoms with Gasteiger partial charge in [0, 0.05) is 12.0 Å². The van der Waals surface area contributed by atoms with E-state index >= 15 is 0 Å². The molecule has 156 valence electrons. The molecule has 0 radical (unpaired) electrons. The molecular formula is C25H25F2NO2. The van der Waals surface area contributed by atoms with Crippen LogP contribution < -0.4 is 4.74 Å². The van der Waals surface area contributed by atoms with Crippen LogP contribution in [0.1, 0.15) is 66.4 Å². The topological polar surface area (TPSA) is 50.1 Å². The zero-order valence-corrected chi connectivity index (χ0v) is 17.0. The summed E-state index contributed by atoms with van der Waals surface area (Å²) in [6.45, 7) is 2.26. The maximum Gasteiger partial charge on any atom is 0.343 e. The fourth-order valence-corrected chi connectivity index (χ4v) is 5.11. The van der Waals surface area contributed by atoms with Gasteiger partial charge >= 0.3 is 5.97 Å². The lowest BCUT2D eigenvalue weighted by Crippen LogP contribution is -2.35. The summed E-state index contributed by atoms with van der Waals surface area (Å²) in [5.74, 6) is 0.347. The van der Waals surface area contributed by atoms with Crippen LogP contribution in [0.2, 0.25) is 0 Å². The summed E-state index contributed by atoms with van der Waals surface area (Å²) >= 11 is 0. The van der Waals surface area contributed by atoms with Gasteiger partial charge in [-0.25, -0.2) is 13.6 Å². The van der Waals surface area contributed by atoms with Crippen molar-refractivity contribution in [2.24, 2.45) is 17.8 Å². The Morgan fingerprint density at radius 2 is 1.83 bits per heavy atom. The summed E-state index contributed by atoms with van der Waals surface area (Å²) in [4.78, 5) is 12.4. The van der Waals surface area contributed by atoms with Crippen LogP contribution in [-0.4, -0.2) is 12.1 Å². The van der Waals surface area contributed by atoms with E-state index in [1.807, 2.05) is 0 Å². The van der Waals surface area contributed by atoms with E-state index in [0.29, 0.717) is 29.7 Å². The van der Waals surface area contributed by atoms with Gasteiger partial charge in [0.05, 0.1) is 11.1 Å². The highest BCUT2D eigenvalue weighted by atomic mass is 19.1. The van der Waals surface area contributed by atoms with Gasteiger partial charge in [-0.1, -0.05) is 25.5 Å². The van der Waals surface area contributed by atoms with Gasteiger partial charge in [-0.2, -0.15) is 5.26 Å². The molecule has 2 fully saturated rings. The third kappa shape index (κ3) is 4.23. The Balaban J connectivity index is 1.43. The minimum atomic E-state index is -0.851. The molecule has 0 heterocycles. The third-order valence-corrected chi connectivity index (χ3v) is 6.77. The number of carbonyl (C=O) groups excluding carboxylic acids is 1. The second kappa shape index (κ2) is 8.55. The zero-order valence-electron chi connectivity index (χ0n) is 17.0. The van der Waals surface area contributed by atoms with Crippen LogP contribution in [0.3, 0.4) is 0 Å². The van der Waals surface area contributed by atoms with Gasteiger partial charge in [0.1, 0.15) is 23.8 Å². The molecule has 4 rings (SSSR count). The number of hydrogen-bond donors (Lipinski definition) is 0. The van der Waals surface area contributed by atoms with Gasteiger partial charge in [0.2, 0.25) is 0 Å². The van der Waals surface area contributed by atoms with Crippen LogP contribution in [-0.2, 0) is 0 Å². The minimum Gasteiger partial charge on any atom is -0.423 e. The van der Waals surface area contributed by atoms with E-state index in [1.54, 1.807) is 30.3 Å². The molecule has 2 aliphatic rings. The molecule has 30 heavy (non-hydrogen) atoms. The average molecular weight is 409 g/mol. The predicted octanol–water partition coefficient (Wildman–Crippen LogP) is 6.18. The second-order valence-corrected chi connectivity index (χ2v) is 8.80. The van der Waals surface area contributed by atoms with Crippen LogP contribution in [0.25, 0.3) is 0 Å². The van der Waals surface area contributed by atoms with E-state index in [1.165, 1.54) is 25.0 Å². The van der Waals surface area contributed by atoms with Crippen molar-refractivity contribution >= 4 is 5.97 Å². The van der Waals surface area contributed by atoms with E-state index < -0.39 is 18.0 Å². The van der Waals surface area contributed by atoms with Gasteiger partial charge in [-0.3, -0.25) is 0 Å². The molecule has 2 aliphatic carbocycles. The van der Waals surface area contributed by atoms with E-state index in [4.69, 9.17) is 10.00 Å². The van der Waals surface area contributed by atoms with Gasteiger partial charge in [-0.05, 0) is 73.3 Å². The van der Waals surface area contributed by atoms with Crippen molar-refractivity contribution < 1.29 is 18.3 Å². The Bertz CT molecular complexity index is 966. The Hall–Kier alpha value is -2.74. The molecule has 0 amide bonds. The summed E-state index contributed by atoms with van der Waals surface area (Å²) in [6.07, 6.45) is 4.20. The SMILES string of the molecule is CC1CCC2CC(c3ccc(C(=O)Oc4ccc(C#N)c(F)c4)cc3)C(F)CC2C1. The number of esters is 1. The predicted molar refractivity (Wildman–Crippen MR) is 109 cm³/mol. The highest BCUT2D eigenvalue weighted by Gasteiger charge is 2.40. The summed E-state index contributed by atoms with van der Waals surface area (Å²) in [5.41, 5.74) is 1.13. The Labute approximate surface area is 175 Å². The number of carbonyl (C=O) groups is 1. The largest absolute Gasteiger partial charge is 0.423 e. The molecule has 0 saturated heterocycles. The lowest BCUT2D eigenvalue weighted by molar-refractivity contribution is 0.0662. The molecule has 0 aliphatic heterocycles. The number of ether oxygens (including phenoxy) is 1. The minimum absolute atomic E-state index is 0.0363. The van der Waals surface area contributed by atoms with E-state index in [9.17, 15) is 13.6 Å². The van der Waals surface area contributed by atoms with Crippen molar-refractivity contribution in [3.8, 4) is 11.8 Å². The lowest BCUT2D eigenvalue weighted by Gasteiger charge is -2.43. The van der Waals surface area contributed by atoms with Gasteiger partial charge in [-0.15, -0.1) is 0 Å². The average Bonchev–Trinajstić information content (AvgIpc) is 2.73. The van der Waals surface area contributed by atoms with Crippen molar-refractivity contribution in [2.45, 2.75) is 51.1 Å². The monoisotopic (exact) mass is 409 g/mol. The maximum atomic E-state index is 14.9. The summed E-state index contributed by atoms with van der Waals surface area (Å²) in [6, 6.07) is 12.3. The number of rotatable bonds is 3. The summed E-state index contributed by atoms with van der Waals surface area (Å²) in [5, 5.41) is 8.77. The smallest absolute Gasteiger partial charge is 0.343 e. The molecule has 5 atom stereocenters. The second-order valence-electron chi connectivity index (χ2n) is 8.80. The lowest BCUT2D eigenvalue weighted by atomic mass is 9.63. The van der Waals surface area contributed by atoms with Crippen LogP contribution in [0.5, 0.6) is 5.75 Å². The molecule has 2 aromatic carbocycles. The zero-order chi connectivity index (χ0) is 21.3. The first kappa shape index (κ1) is 20.5. The normalized spacial score (nSPS) is 28.3. The first-order chi connectivity index (χ1) is 14.4. The molecule has 0 aromatic heterocycles. The van der Waals surface area contributed by atoms with E-state index in [0.717, 1.165) is 24.5 Å². The molecule has 0 spiro atoms. The van der Waals surface area contributed by atoms with Gasteiger partial charge in [0.25, 0.3) is 0 Å². The van der Waals surface area contributed by atoms with E-state index in [2.05, 4.69) is 6.92 Å².